The fourth-order valence-corrected chi connectivity index (χ4v) is 4.85. The molecular weight excluding hydrogens is 379 g/mol. The van der Waals surface area contributed by atoms with Crippen LogP contribution in [-0.2, 0) is 16.6 Å². The molecule has 2 heterocycles. The molecule has 2 aromatic carbocycles. The number of allylic oxidation sites excluding steroid dienone is 1. The van der Waals surface area contributed by atoms with E-state index < -0.39 is 15.8 Å². The van der Waals surface area contributed by atoms with Crippen LogP contribution in [0.3, 0.4) is 0 Å². The highest BCUT2D eigenvalue weighted by Gasteiger charge is 2.19. The zero-order valence-electron chi connectivity index (χ0n) is 13.4. The van der Waals surface area contributed by atoms with E-state index in [2.05, 4.69) is 11.0 Å². The molecular formula is C17H13FN2O4S2. The van der Waals surface area contributed by atoms with Gasteiger partial charge >= 0.3 is 0 Å². The minimum absolute atomic E-state index is 0.0735. The number of benzene rings is 2. The van der Waals surface area contributed by atoms with Gasteiger partial charge in [0.2, 0.25) is 11.6 Å². The van der Waals surface area contributed by atoms with E-state index in [1.807, 2.05) is 0 Å². The third-order valence-corrected chi connectivity index (χ3v) is 6.24. The number of fused-ring (bicyclic) bond motifs is 2. The molecule has 3 aromatic rings. The number of hydrogen-bond acceptors (Lipinski definition) is 5. The van der Waals surface area contributed by atoms with Crippen molar-refractivity contribution in [3.63, 3.8) is 0 Å². The smallest absolute Gasteiger partial charge is 0.285 e. The molecule has 0 saturated carbocycles. The van der Waals surface area contributed by atoms with Gasteiger partial charge in [-0.05, 0) is 24.3 Å². The van der Waals surface area contributed by atoms with Crippen LogP contribution >= 0.6 is 11.3 Å². The molecule has 0 spiro atoms. The second-order valence-corrected chi connectivity index (χ2v) is 8.09. The normalized spacial score (nSPS) is 14.1. The molecule has 26 heavy (non-hydrogen) atoms. The Morgan fingerprint density at radius 2 is 1.92 bits per heavy atom. The van der Waals surface area contributed by atoms with E-state index in [9.17, 15) is 12.8 Å². The first-order valence-corrected chi connectivity index (χ1v) is 9.84. The van der Waals surface area contributed by atoms with Crippen LogP contribution in [0, 0.1) is 5.82 Å². The predicted molar refractivity (Wildman–Crippen MR) is 95.3 cm³/mol. The van der Waals surface area contributed by atoms with Crippen LogP contribution < -0.4 is 14.3 Å². The largest absolute Gasteiger partial charge is 0.454 e. The molecule has 9 heteroatoms. The zero-order chi connectivity index (χ0) is 18.3. The summed E-state index contributed by atoms with van der Waals surface area (Å²) in [6, 6.07) is 8.15. The fourth-order valence-electron chi connectivity index (χ4n) is 2.60. The maximum atomic E-state index is 13.1. The number of thiazole rings is 1. The maximum Gasteiger partial charge on any atom is 0.285 e. The van der Waals surface area contributed by atoms with Crippen LogP contribution in [0.1, 0.15) is 0 Å². The molecule has 0 aliphatic carbocycles. The van der Waals surface area contributed by atoms with Gasteiger partial charge < -0.3 is 14.0 Å². The summed E-state index contributed by atoms with van der Waals surface area (Å²) in [7, 11) is -3.98. The van der Waals surface area contributed by atoms with E-state index in [0.29, 0.717) is 18.0 Å². The summed E-state index contributed by atoms with van der Waals surface area (Å²) in [6.45, 7) is 4.24. The minimum atomic E-state index is -3.98. The molecule has 0 N–H and O–H groups in total. The number of sulfonamides is 1. The molecule has 1 aliphatic rings. The second-order valence-electron chi connectivity index (χ2n) is 5.48. The average Bonchev–Trinajstić information content (AvgIpc) is 3.18. The lowest BCUT2D eigenvalue weighted by Crippen LogP contribution is -2.16. The molecule has 0 atom stereocenters. The van der Waals surface area contributed by atoms with Gasteiger partial charge in [-0.2, -0.15) is 8.42 Å². The van der Waals surface area contributed by atoms with Gasteiger partial charge in [0.25, 0.3) is 10.0 Å². The van der Waals surface area contributed by atoms with Crippen LogP contribution in [-0.4, -0.2) is 19.8 Å². The fraction of sp³-hybridized carbons (Fsp3) is 0.118. The van der Waals surface area contributed by atoms with Gasteiger partial charge in [-0.3, -0.25) is 0 Å². The molecule has 134 valence electrons. The van der Waals surface area contributed by atoms with Gasteiger partial charge in [-0.15, -0.1) is 11.0 Å². The van der Waals surface area contributed by atoms with Crippen molar-refractivity contribution in [1.29, 1.82) is 0 Å². The Hall–Kier alpha value is -2.65. The van der Waals surface area contributed by atoms with Gasteiger partial charge in [-0.25, -0.2) is 4.39 Å². The molecule has 0 unspecified atom stereocenters. The van der Waals surface area contributed by atoms with Crippen LogP contribution in [0.15, 0.2) is 58.3 Å². The van der Waals surface area contributed by atoms with Crippen molar-refractivity contribution in [1.82, 2.24) is 4.57 Å². The summed E-state index contributed by atoms with van der Waals surface area (Å²) in [5, 5.41) is 0. The van der Waals surface area contributed by atoms with Crippen LogP contribution in [0.4, 0.5) is 4.39 Å². The van der Waals surface area contributed by atoms with Crippen LogP contribution in [0.2, 0.25) is 0 Å². The molecule has 6 nitrogen and oxygen atoms in total. The van der Waals surface area contributed by atoms with E-state index in [1.54, 1.807) is 22.8 Å². The first-order chi connectivity index (χ1) is 12.5. The Balaban J connectivity index is 1.92. The van der Waals surface area contributed by atoms with E-state index in [-0.39, 0.29) is 16.5 Å². The first-order valence-electron chi connectivity index (χ1n) is 7.58. The summed E-state index contributed by atoms with van der Waals surface area (Å²) in [6.07, 6.45) is 1.65. The van der Waals surface area contributed by atoms with Crippen molar-refractivity contribution in [3.8, 4) is 11.5 Å². The highest BCUT2D eigenvalue weighted by molar-refractivity contribution is 7.90. The van der Waals surface area contributed by atoms with Gasteiger partial charge in [0.1, 0.15) is 5.82 Å². The first kappa shape index (κ1) is 16.8. The number of rotatable bonds is 4. The number of ether oxygens (including phenoxy) is 2. The number of aromatic nitrogens is 1. The van der Waals surface area contributed by atoms with E-state index in [4.69, 9.17) is 9.47 Å². The van der Waals surface area contributed by atoms with Crippen molar-refractivity contribution in [2.45, 2.75) is 11.4 Å². The second kappa shape index (κ2) is 6.26. The molecule has 0 radical (unpaired) electrons. The Bertz CT molecular complexity index is 1180. The predicted octanol–water partition coefficient (Wildman–Crippen LogP) is 3.05. The summed E-state index contributed by atoms with van der Waals surface area (Å²) in [5.41, 5.74) is 0.771. The highest BCUT2D eigenvalue weighted by Crippen LogP contribution is 2.37. The lowest BCUT2D eigenvalue weighted by molar-refractivity contribution is 0.174. The molecule has 1 aromatic heterocycles. The Morgan fingerprint density at radius 3 is 2.62 bits per heavy atom. The third kappa shape index (κ3) is 2.89. The number of hydrogen-bond donors (Lipinski definition) is 0. The lowest BCUT2D eigenvalue weighted by atomic mass is 10.3. The van der Waals surface area contributed by atoms with Crippen molar-refractivity contribution < 1.29 is 22.3 Å². The van der Waals surface area contributed by atoms with Gasteiger partial charge in [0.15, 0.2) is 11.5 Å². The lowest BCUT2D eigenvalue weighted by Gasteiger charge is -2.03. The summed E-state index contributed by atoms with van der Waals surface area (Å²) in [4.78, 5) is 0.212. The van der Waals surface area contributed by atoms with Crippen molar-refractivity contribution >= 4 is 31.6 Å². The van der Waals surface area contributed by atoms with Gasteiger partial charge in [0.05, 0.1) is 15.1 Å². The molecule has 4 rings (SSSR count). The highest BCUT2D eigenvalue weighted by atomic mass is 32.2. The SMILES string of the molecule is C=CCn1/c(=N/S(=O)(=O)c2ccc(F)cc2)sc2cc3c(cc21)OCO3. The Morgan fingerprint density at radius 1 is 1.23 bits per heavy atom. The standard InChI is InChI=1S/C17H13FN2O4S2/c1-2-7-20-13-8-14-15(24-10-23-14)9-16(13)25-17(20)19-26(21,22)12-5-3-11(18)4-6-12/h2-6,8-9H,1,7,10H2/b19-17-. The third-order valence-electron chi connectivity index (χ3n) is 3.80. The zero-order valence-corrected chi connectivity index (χ0v) is 15.0. The van der Waals surface area contributed by atoms with E-state index in [1.165, 1.54) is 23.5 Å². The van der Waals surface area contributed by atoms with Crippen molar-refractivity contribution in [2.75, 3.05) is 6.79 Å². The van der Waals surface area contributed by atoms with Crippen molar-refractivity contribution in [2.24, 2.45) is 4.40 Å². The average molecular weight is 392 g/mol. The summed E-state index contributed by atoms with van der Waals surface area (Å²) >= 11 is 1.21. The Labute approximate surface area is 152 Å². The van der Waals surface area contributed by atoms with E-state index >= 15 is 0 Å². The Kier molecular flexibility index (Phi) is 4.04. The van der Waals surface area contributed by atoms with Crippen LogP contribution in [0.5, 0.6) is 11.5 Å². The van der Waals surface area contributed by atoms with Gasteiger partial charge in [-0.1, -0.05) is 17.4 Å². The quantitative estimate of drug-likeness (QED) is 0.640. The molecule has 0 bridgehead atoms. The van der Waals surface area contributed by atoms with Crippen LogP contribution in [0.25, 0.3) is 10.2 Å². The summed E-state index contributed by atoms with van der Waals surface area (Å²) in [5.74, 6) is 0.695. The topological polar surface area (TPSA) is 69.9 Å². The molecule has 1 aliphatic heterocycles. The molecule has 0 amide bonds. The minimum Gasteiger partial charge on any atom is -0.454 e. The monoisotopic (exact) mass is 392 g/mol. The van der Waals surface area contributed by atoms with Crippen molar-refractivity contribution in [3.05, 3.63) is 59.7 Å². The maximum absolute atomic E-state index is 13.1. The van der Waals surface area contributed by atoms with Gasteiger partial charge in [0, 0.05) is 18.7 Å². The molecule has 0 saturated heterocycles. The molecule has 0 fully saturated rings. The number of halogens is 1. The van der Waals surface area contributed by atoms with E-state index in [0.717, 1.165) is 22.3 Å². The number of nitrogens with zero attached hydrogens (tertiary/aromatic N) is 2. The summed E-state index contributed by atoms with van der Waals surface area (Å²) < 4.78 is 55.5.